The largest absolute Gasteiger partial charge is 0.492 e. The van der Waals surface area contributed by atoms with E-state index in [9.17, 15) is 4.79 Å². The Morgan fingerprint density at radius 2 is 1.80 bits per heavy atom. The van der Waals surface area contributed by atoms with Crippen molar-refractivity contribution in [1.29, 1.82) is 0 Å². The number of amides is 1. The molecule has 2 aromatic carbocycles. The maximum atomic E-state index is 12.0. The van der Waals surface area contributed by atoms with Gasteiger partial charge in [-0.25, -0.2) is 0 Å². The molecule has 0 saturated heterocycles. The van der Waals surface area contributed by atoms with Gasteiger partial charge in [0.05, 0.1) is 0 Å². The van der Waals surface area contributed by atoms with Crippen molar-refractivity contribution < 1.29 is 9.53 Å². The zero-order valence-electron chi connectivity index (χ0n) is 14.4. The number of carbonyl (C=O) groups excluding carboxylic acids is 1. The Balaban J connectivity index is 0.00000288. The van der Waals surface area contributed by atoms with Gasteiger partial charge in [-0.05, 0) is 50.0 Å². The molecule has 0 unspecified atom stereocenters. The summed E-state index contributed by atoms with van der Waals surface area (Å²) in [5, 5.41) is 2.88. The number of nitrogens with zero attached hydrogens (tertiary/aromatic N) is 1. The summed E-state index contributed by atoms with van der Waals surface area (Å²) in [6.45, 7) is 1.99. The highest BCUT2D eigenvalue weighted by Crippen LogP contribution is 2.12. The molecule has 7 heteroatoms. The summed E-state index contributed by atoms with van der Waals surface area (Å²) in [6, 6.07) is 14.7. The van der Waals surface area contributed by atoms with E-state index >= 15 is 0 Å². The topological polar surface area (TPSA) is 67.6 Å². The summed E-state index contributed by atoms with van der Waals surface area (Å²) >= 11 is 0. The molecule has 0 radical (unpaired) electrons. The van der Waals surface area contributed by atoms with Crippen molar-refractivity contribution in [2.24, 2.45) is 0 Å². The van der Waals surface area contributed by atoms with E-state index in [1.165, 1.54) is 0 Å². The fourth-order valence-corrected chi connectivity index (χ4v) is 2.01. The van der Waals surface area contributed by atoms with E-state index < -0.39 is 0 Å². The van der Waals surface area contributed by atoms with Crippen LogP contribution in [0.4, 0.5) is 5.69 Å². The first-order chi connectivity index (χ1) is 11.0. The molecular weight excluding hydrogens is 361 g/mol. The van der Waals surface area contributed by atoms with Crippen LogP contribution < -0.4 is 15.8 Å². The van der Waals surface area contributed by atoms with Crippen LogP contribution in [0.2, 0.25) is 0 Å². The fourth-order valence-electron chi connectivity index (χ4n) is 2.01. The minimum atomic E-state index is -0.136. The van der Waals surface area contributed by atoms with Crippen molar-refractivity contribution in [2.45, 2.75) is 6.54 Å². The van der Waals surface area contributed by atoms with Crippen molar-refractivity contribution in [3.63, 3.8) is 0 Å². The second-order valence-electron chi connectivity index (χ2n) is 5.60. The Morgan fingerprint density at radius 3 is 2.40 bits per heavy atom. The molecule has 1 amide bonds. The molecule has 0 aliphatic heterocycles. The van der Waals surface area contributed by atoms with Gasteiger partial charge in [-0.3, -0.25) is 4.79 Å². The second kappa shape index (κ2) is 11.6. The van der Waals surface area contributed by atoms with Crippen LogP contribution in [0.25, 0.3) is 0 Å². The van der Waals surface area contributed by atoms with E-state index in [0.29, 0.717) is 24.4 Å². The molecule has 0 fully saturated rings. The predicted octanol–water partition coefficient (Wildman–Crippen LogP) is 2.98. The summed E-state index contributed by atoms with van der Waals surface area (Å²) in [5.74, 6) is 0.696. The summed E-state index contributed by atoms with van der Waals surface area (Å²) in [6.07, 6.45) is 0. The first kappa shape index (κ1) is 23.1. The summed E-state index contributed by atoms with van der Waals surface area (Å²) in [4.78, 5) is 14.1. The third-order valence-corrected chi connectivity index (χ3v) is 3.33. The Bertz CT molecular complexity index is 649. The van der Waals surface area contributed by atoms with E-state index in [4.69, 9.17) is 10.5 Å². The zero-order valence-corrected chi connectivity index (χ0v) is 16.0. The van der Waals surface area contributed by atoms with Gasteiger partial charge in [0.15, 0.2) is 0 Å². The first-order valence-corrected chi connectivity index (χ1v) is 7.55. The number of likely N-dealkylation sites (N-methyl/N-ethyl adjacent to an activating group) is 1. The third-order valence-electron chi connectivity index (χ3n) is 3.33. The molecule has 0 aromatic heterocycles. The highest BCUT2D eigenvalue weighted by molar-refractivity contribution is 5.94. The van der Waals surface area contributed by atoms with E-state index in [0.717, 1.165) is 17.9 Å². The SMILES string of the molecule is CN(C)CCOc1ccc(CNC(=O)c2cccc(N)c2)cc1.Cl.Cl. The lowest BCUT2D eigenvalue weighted by molar-refractivity contribution is 0.0951. The van der Waals surface area contributed by atoms with Crippen molar-refractivity contribution in [3.05, 3.63) is 59.7 Å². The fraction of sp³-hybridized carbons (Fsp3) is 0.278. The van der Waals surface area contributed by atoms with E-state index in [1.54, 1.807) is 24.3 Å². The second-order valence-corrected chi connectivity index (χ2v) is 5.60. The van der Waals surface area contributed by atoms with Gasteiger partial charge in [-0.2, -0.15) is 0 Å². The Hall–Kier alpha value is -1.95. The van der Waals surface area contributed by atoms with Gasteiger partial charge in [0.2, 0.25) is 0 Å². The molecule has 3 N–H and O–H groups in total. The van der Waals surface area contributed by atoms with Crippen LogP contribution in [-0.4, -0.2) is 38.1 Å². The molecule has 0 saturated carbocycles. The molecule has 138 valence electrons. The Labute approximate surface area is 161 Å². The van der Waals surface area contributed by atoms with Gasteiger partial charge < -0.3 is 20.7 Å². The highest BCUT2D eigenvalue weighted by atomic mass is 35.5. The van der Waals surface area contributed by atoms with Crippen LogP contribution in [0.1, 0.15) is 15.9 Å². The van der Waals surface area contributed by atoms with Crippen molar-refractivity contribution >= 4 is 36.4 Å². The molecule has 2 aromatic rings. The lowest BCUT2D eigenvalue weighted by Crippen LogP contribution is -2.22. The Kier molecular flexibility index (Phi) is 10.7. The molecule has 0 atom stereocenters. The van der Waals surface area contributed by atoms with Gasteiger partial charge in [-0.1, -0.05) is 18.2 Å². The molecule has 0 spiro atoms. The smallest absolute Gasteiger partial charge is 0.251 e. The summed E-state index contributed by atoms with van der Waals surface area (Å²) < 4.78 is 5.64. The number of halogens is 2. The normalized spacial score (nSPS) is 9.72. The lowest BCUT2D eigenvalue weighted by Gasteiger charge is -2.11. The zero-order chi connectivity index (χ0) is 16.7. The van der Waals surface area contributed by atoms with Crippen LogP contribution >= 0.6 is 24.8 Å². The number of hydrogen-bond acceptors (Lipinski definition) is 4. The Morgan fingerprint density at radius 1 is 1.12 bits per heavy atom. The number of rotatable bonds is 7. The summed E-state index contributed by atoms with van der Waals surface area (Å²) in [5.41, 5.74) is 7.84. The van der Waals surface area contributed by atoms with Crippen LogP contribution in [0.3, 0.4) is 0 Å². The maximum absolute atomic E-state index is 12.0. The number of carbonyl (C=O) groups is 1. The van der Waals surface area contributed by atoms with Gasteiger partial charge in [-0.15, -0.1) is 24.8 Å². The molecule has 0 bridgehead atoms. The van der Waals surface area contributed by atoms with E-state index in [1.807, 2.05) is 38.4 Å². The number of nitrogen functional groups attached to an aromatic ring is 1. The average Bonchev–Trinajstić information content (AvgIpc) is 2.53. The average molecular weight is 386 g/mol. The minimum absolute atomic E-state index is 0. The number of nitrogens with two attached hydrogens (primary N) is 1. The minimum Gasteiger partial charge on any atom is -0.492 e. The van der Waals surface area contributed by atoms with Crippen molar-refractivity contribution in [1.82, 2.24) is 10.2 Å². The summed E-state index contributed by atoms with van der Waals surface area (Å²) in [7, 11) is 4.02. The molecule has 0 heterocycles. The van der Waals surface area contributed by atoms with Gasteiger partial charge in [0.25, 0.3) is 5.91 Å². The van der Waals surface area contributed by atoms with Crippen LogP contribution in [0, 0.1) is 0 Å². The van der Waals surface area contributed by atoms with E-state index in [2.05, 4.69) is 10.2 Å². The standard InChI is InChI=1S/C18H23N3O2.2ClH/c1-21(2)10-11-23-17-8-6-14(7-9-17)13-20-18(22)15-4-3-5-16(19)12-15;;/h3-9,12H,10-11,13,19H2,1-2H3,(H,20,22);2*1H. The molecule has 2 rings (SSSR count). The quantitative estimate of drug-likeness (QED) is 0.718. The van der Waals surface area contributed by atoms with Crippen LogP contribution in [0.15, 0.2) is 48.5 Å². The molecule has 5 nitrogen and oxygen atoms in total. The number of benzene rings is 2. The molecule has 0 aliphatic carbocycles. The van der Waals surface area contributed by atoms with Gasteiger partial charge >= 0.3 is 0 Å². The van der Waals surface area contributed by atoms with Crippen molar-refractivity contribution in [2.75, 3.05) is 33.0 Å². The predicted molar refractivity (Wildman–Crippen MR) is 107 cm³/mol. The van der Waals surface area contributed by atoms with Crippen LogP contribution in [-0.2, 0) is 6.54 Å². The van der Waals surface area contributed by atoms with Crippen molar-refractivity contribution in [3.8, 4) is 5.75 Å². The first-order valence-electron chi connectivity index (χ1n) is 7.55. The number of ether oxygens (including phenoxy) is 1. The molecular formula is C18H25Cl2N3O2. The third kappa shape index (κ3) is 8.12. The number of anilines is 1. The highest BCUT2D eigenvalue weighted by Gasteiger charge is 2.05. The van der Waals surface area contributed by atoms with Crippen LogP contribution in [0.5, 0.6) is 5.75 Å². The molecule has 0 aliphatic rings. The molecule has 25 heavy (non-hydrogen) atoms. The number of hydrogen-bond donors (Lipinski definition) is 2. The van der Waals surface area contributed by atoms with Gasteiger partial charge in [0.1, 0.15) is 12.4 Å². The monoisotopic (exact) mass is 385 g/mol. The van der Waals surface area contributed by atoms with Gasteiger partial charge in [0, 0.05) is 24.3 Å². The van der Waals surface area contributed by atoms with E-state index in [-0.39, 0.29) is 30.7 Å². The lowest BCUT2D eigenvalue weighted by atomic mass is 10.1. The number of nitrogens with one attached hydrogen (secondary N) is 1. The maximum Gasteiger partial charge on any atom is 0.251 e.